The summed E-state index contributed by atoms with van der Waals surface area (Å²) < 4.78 is 7.34. The summed E-state index contributed by atoms with van der Waals surface area (Å²) in [6, 6.07) is -0.558. The number of nitrogen functional groups attached to an aromatic ring is 1. The molecule has 4 heterocycles. The number of aliphatic hydroxyl groups excluding tert-OH is 2. The highest BCUT2D eigenvalue weighted by Crippen LogP contribution is 2.35. The molecule has 0 saturated carbocycles. The third-order valence-electron chi connectivity index (χ3n) is 4.92. The number of fused-ring (bicyclic) bond motifs is 1. The van der Waals surface area contributed by atoms with Gasteiger partial charge in [0.05, 0.1) is 12.4 Å². The largest absolute Gasteiger partial charge is 0.480 e. The van der Waals surface area contributed by atoms with Crippen LogP contribution in [0.3, 0.4) is 0 Å². The summed E-state index contributed by atoms with van der Waals surface area (Å²) in [6.45, 7) is 0.567. The van der Waals surface area contributed by atoms with Crippen molar-refractivity contribution in [3.63, 3.8) is 0 Å². The lowest BCUT2D eigenvalue weighted by Gasteiger charge is -2.17. The molecule has 2 saturated heterocycles. The van der Waals surface area contributed by atoms with E-state index in [1.54, 1.807) is 0 Å². The number of nitrogens with one attached hydrogen (secondary N) is 1. The number of hydrogen-bond donors (Lipinski definition) is 5. The van der Waals surface area contributed by atoms with Crippen molar-refractivity contribution in [2.45, 2.75) is 42.3 Å². The Morgan fingerprint density at radius 3 is 2.93 bits per heavy atom. The molecular formula is C15H19ClN6O5S. The molecule has 2 fully saturated rings. The fraction of sp³-hybridized carbons (Fsp3) is 0.600. The summed E-state index contributed by atoms with van der Waals surface area (Å²) in [5, 5.41) is 32.9. The zero-order valence-electron chi connectivity index (χ0n) is 14.5. The highest BCUT2D eigenvalue weighted by atomic mass is 35.5. The van der Waals surface area contributed by atoms with Gasteiger partial charge in [-0.3, -0.25) is 9.36 Å². The molecule has 0 amide bonds. The van der Waals surface area contributed by atoms with Crippen molar-refractivity contribution in [3.05, 3.63) is 11.6 Å². The fourth-order valence-electron chi connectivity index (χ4n) is 3.44. The summed E-state index contributed by atoms with van der Waals surface area (Å²) in [7, 11) is 0. The number of ether oxygens (including phenoxy) is 1. The number of nitrogens with two attached hydrogens (primary N) is 1. The minimum absolute atomic E-state index is 0.0615. The molecule has 0 aliphatic carbocycles. The van der Waals surface area contributed by atoms with E-state index in [-0.39, 0.29) is 16.4 Å². The van der Waals surface area contributed by atoms with Gasteiger partial charge in [0.2, 0.25) is 5.28 Å². The molecule has 13 heteroatoms. The number of anilines is 1. The molecule has 4 rings (SSSR count). The van der Waals surface area contributed by atoms with Crippen molar-refractivity contribution in [2.75, 3.05) is 18.0 Å². The molecule has 6 atom stereocenters. The van der Waals surface area contributed by atoms with E-state index < -0.39 is 36.6 Å². The maximum atomic E-state index is 11.0. The number of carbonyl (C=O) groups is 1. The first kappa shape index (κ1) is 19.6. The first-order valence-electron chi connectivity index (χ1n) is 8.60. The quantitative estimate of drug-likeness (QED) is 0.377. The van der Waals surface area contributed by atoms with Crippen molar-refractivity contribution in [1.29, 1.82) is 0 Å². The highest BCUT2D eigenvalue weighted by Gasteiger charge is 2.44. The monoisotopic (exact) mass is 430 g/mol. The van der Waals surface area contributed by atoms with Crippen LogP contribution >= 0.6 is 23.4 Å². The van der Waals surface area contributed by atoms with E-state index >= 15 is 0 Å². The summed E-state index contributed by atoms with van der Waals surface area (Å²) in [6.07, 6.45) is -1.97. The SMILES string of the molecule is Nc1nc(Cl)nc2c1ncn2[C@@H]1O[C@H](CS[C@H]2CN[C@H](C(=O)O)C2)[C@@H](O)[C@H]1O. The van der Waals surface area contributed by atoms with Crippen LogP contribution in [-0.2, 0) is 9.53 Å². The van der Waals surface area contributed by atoms with E-state index in [4.69, 9.17) is 27.2 Å². The number of thioether (sulfide) groups is 1. The van der Waals surface area contributed by atoms with E-state index in [0.717, 1.165) is 0 Å². The number of nitrogens with zero attached hydrogens (tertiary/aromatic N) is 4. The van der Waals surface area contributed by atoms with E-state index in [1.165, 1.54) is 22.7 Å². The van der Waals surface area contributed by atoms with Crippen LogP contribution < -0.4 is 11.1 Å². The first-order chi connectivity index (χ1) is 13.3. The number of aliphatic hydroxyl groups is 2. The van der Waals surface area contributed by atoms with Gasteiger partial charge in [0, 0.05) is 17.5 Å². The summed E-state index contributed by atoms with van der Waals surface area (Å²) in [5.74, 6) is -0.365. The van der Waals surface area contributed by atoms with Crippen LogP contribution in [0.15, 0.2) is 6.33 Å². The number of aliphatic carboxylic acids is 1. The molecule has 152 valence electrons. The standard InChI is InChI=1S/C15H19ClN6O5S/c16-15-20-11(17)8-12(21-15)22(4-19-8)13-10(24)9(23)7(27-13)3-28-5-1-6(14(25)26)18-2-5/h4-7,9-10,13,18,23-24H,1-3H2,(H,25,26)(H2,17,20,21)/t5-,6+,7-,9-,10-,13-/m1/s1. The number of carboxylic acids is 1. The molecule has 0 spiro atoms. The molecule has 0 bridgehead atoms. The second-order valence-corrected chi connectivity index (χ2v) is 8.41. The van der Waals surface area contributed by atoms with Gasteiger partial charge < -0.3 is 31.1 Å². The van der Waals surface area contributed by atoms with Crippen molar-refractivity contribution >= 4 is 46.3 Å². The maximum absolute atomic E-state index is 11.0. The Kier molecular flexibility index (Phi) is 5.33. The van der Waals surface area contributed by atoms with E-state index in [2.05, 4.69) is 20.3 Å². The van der Waals surface area contributed by atoms with Crippen molar-refractivity contribution in [1.82, 2.24) is 24.8 Å². The Morgan fingerprint density at radius 1 is 1.43 bits per heavy atom. The normalized spacial score (nSPS) is 33.0. The average molecular weight is 431 g/mol. The first-order valence-corrected chi connectivity index (χ1v) is 10.0. The van der Waals surface area contributed by atoms with E-state index in [9.17, 15) is 15.0 Å². The topological polar surface area (TPSA) is 169 Å². The van der Waals surface area contributed by atoms with Crippen molar-refractivity contribution in [3.8, 4) is 0 Å². The third-order valence-corrected chi connectivity index (χ3v) is 6.44. The van der Waals surface area contributed by atoms with E-state index in [1.807, 2.05) is 0 Å². The molecule has 11 nitrogen and oxygen atoms in total. The van der Waals surface area contributed by atoms with Gasteiger partial charge >= 0.3 is 5.97 Å². The Morgan fingerprint density at radius 2 is 2.21 bits per heavy atom. The highest BCUT2D eigenvalue weighted by molar-refractivity contribution is 8.00. The number of hydrogen-bond acceptors (Lipinski definition) is 10. The molecule has 2 aliphatic heterocycles. The van der Waals surface area contributed by atoms with Crippen LogP contribution in [-0.4, -0.2) is 82.7 Å². The molecule has 2 aromatic rings. The van der Waals surface area contributed by atoms with Gasteiger partial charge in [0.15, 0.2) is 17.7 Å². The lowest BCUT2D eigenvalue weighted by molar-refractivity contribution is -0.139. The maximum Gasteiger partial charge on any atom is 0.320 e. The Hall–Kier alpha value is -1.70. The zero-order chi connectivity index (χ0) is 20.0. The fourth-order valence-corrected chi connectivity index (χ4v) is 4.89. The molecular weight excluding hydrogens is 412 g/mol. The molecule has 0 radical (unpaired) electrons. The van der Waals surface area contributed by atoms with Crippen LogP contribution in [0, 0.1) is 0 Å². The molecule has 28 heavy (non-hydrogen) atoms. The van der Waals surface area contributed by atoms with Crippen LogP contribution in [0.1, 0.15) is 12.6 Å². The lowest BCUT2D eigenvalue weighted by Crippen LogP contribution is -2.33. The molecule has 2 aliphatic rings. The van der Waals surface area contributed by atoms with Crippen molar-refractivity contribution < 1.29 is 24.9 Å². The van der Waals surface area contributed by atoms with Crippen LogP contribution in [0.4, 0.5) is 5.82 Å². The number of halogens is 1. The van der Waals surface area contributed by atoms with Crippen LogP contribution in [0.25, 0.3) is 11.2 Å². The van der Waals surface area contributed by atoms with E-state index in [0.29, 0.717) is 29.9 Å². The zero-order valence-corrected chi connectivity index (χ0v) is 16.0. The lowest BCUT2D eigenvalue weighted by atomic mass is 10.1. The van der Waals surface area contributed by atoms with Gasteiger partial charge in [0.1, 0.15) is 23.8 Å². The van der Waals surface area contributed by atoms with Crippen molar-refractivity contribution in [2.24, 2.45) is 0 Å². The minimum Gasteiger partial charge on any atom is -0.480 e. The Balaban J connectivity index is 1.46. The second kappa shape index (κ2) is 7.61. The molecule has 0 aromatic carbocycles. The summed E-state index contributed by atoms with van der Waals surface area (Å²) in [5.41, 5.74) is 6.41. The minimum atomic E-state index is -1.20. The van der Waals surface area contributed by atoms with Gasteiger partial charge in [-0.25, -0.2) is 4.98 Å². The second-order valence-electron chi connectivity index (χ2n) is 6.74. The predicted molar refractivity (Wildman–Crippen MR) is 101 cm³/mol. The Labute approximate surface area is 168 Å². The van der Waals surface area contributed by atoms with Crippen LogP contribution in [0.5, 0.6) is 0 Å². The smallest absolute Gasteiger partial charge is 0.320 e. The average Bonchev–Trinajstić information content (AvgIpc) is 3.33. The molecule has 6 N–H and O–H groups in total. The van der Waals surface area contributed by atoms with Gasteiger partial charge in [-0.2, -0.15) is 21.7 Å². The van der Waals surface area contributed by atoms with Gasteiger partial charge in [-0.15, -0.1) is 0 Å². The number of rotatable bonds is 5. The van der Waals surface area contributed by atoms with Gasteiger partial charge in [-0.1, -0.05) is 0 Å². The predicted octanol–water partition coefficient (Wildman–Crippen LogP) is -0.771. The number of imidazole rings is 1. The van der Waals surface area contributed by atoms with Crippen LogP contribution in [0.2, 0.25) is 5.28 Å². The Bertz CT molecular complexity index is 899. The molecule has 2 aromatic heterocycles. The molecule has 0 unspecified atom stereocenters. The summed E-state index contributed by atoms with van der Waals surface area (Å²) >= 11 is 7.37. The third kappa shape index (κ3) is 3.51. The van der Waals surface area contributed by atoms with Gasteiger partial charge in [0.25, 0.3) is 0 Å². The van der Waals surface area contributed by atoms with Gasteiger partial charge in [-0.05, 0) is 18.0 Å². The summed E-state index contributed by atoms with van der Waals surface area (Å²) in [4.78, 5) is 23.1. The number of aromatic nitrogens is 4. The number of carboxylic acid groups (broad SMARTS) is 1.